The average molecular weight is 550 g/mol. The number of fused-ring (bicyclic) bond motifs is 2. The number of azo groups is 1. The van der Waals surface area contributed by atoms with Gasteiger partial charge >= 0.3 is 0 Å². The molecule has 0 fully saturated rings. The minimum absolute atomic E-state index is 0.0462. The first-order valence-corrected chi connectivity index (χ1v) is 13.9. The van der Waals surface area contributed by atoms with Gasteiger partial charge in [-0.3, -0.25) is 9.11 Å². The van der Waals surface area contributed by atoms with Gasteiger partial charge in [-0.05, 0) is 48.5 Å². The predicted octanol–water partition coefficient (Wildman–Crippen LogP) is 6.35. The van der Waals surface area contributed by atoms with Crippen molar-refractivity contribution >= 4 is 64.5 Å². The van der Waals surface area contributed by atoms with Gasteiger partial charge in [0.25, 0.3) is 20.2 Å². The number of hydrogen-bond acceptors (Lipinski definition) is 8. The van der Waals surface area contributed by atoms with E-state index in [4.69, 9.17) is 0 Å². The Morgan fingerprint density at radius 2 is 1.21 bits per heavy atom. The molecule has 38 heavy (non-hydrogen) atoms. The van der Waals surface area contributed by atoms with Gasteiger partial charge in [0.2, 0.25) is 0 Å². The molecule has 0 unspecified atom stereocenters. The lowest BCUT2D eigenvalue weighted by molar-refractivity contribution is 0.480. The molecule has 0 saturated carbocycles. The third-order valence-corrected chi connectivity index (χ3v) is 7.62. The van der Waals surface area contributed by atoms with E-state index in [1.165, 1.54) is 36.4 Å². The normalized spacial score (nSPS) is 12.4. The van der Waals surface area contributed by atoms with Gasteiger partial charge in [-0.15, -0.1) is 10.2 Å². The molecule has 12 heteroatoms. The molecule has 5 aromatic carbocycles. The zero-order chi connectivity index (χ0) is 27.1. The molecular formula is C26H19N3O7S2. The zero-order valence-corrected chi connectivity index (χ0v) is 21.0. The first kappa shape index (κ1) is 25.3. The van der Waals surface area contributed by atoms with Crippen LogP contribution in [0.5, 0.6) is 5.75 Å². The second-order valence-corrected chi connectivity index (χ2v) is 11.0. The fourth-order valence-corrected chi connectivity index (χ4v) is 5.62. The molecule has 4 N–H and O–H groups in total. The third-order valence-electron chi connectivity index (χ3n) is 5.81. The van der Waals surface area contributed by atoms with Gasteiger partial charge in [-0.1, -0.05) is 42.5 Å². The van der Waals surface area contributed by atoms with Gasteiger partial charge in [0, 0.05) is 27.5 Å². The third kappa shape index (κ3) is 4.80. The van der Waals surface area contributed by atoms with Crippen LogP contribution >= 0.6 is 0 Å². The molecule has 0 heterocycles. The Morgan fingerprint density at radius 3 is 1.92 bits per heavy atom. The van der Waals surface area contributed by atoms with Gasteiger partial charge in [-0.2, -0.15) is 16.8 Å². The van der Waals surface area contributed by atoms with E-state index in [-0.39, 0.29) is 38.2 Å². The van der Waals surface area contributed by atoms with Crippen molar-refractivity contribution in [1.82, 2.24) is 0 Å². The summed E-state index contributed by atoms with van der Waals surface area (Å²) in [4.78, 5) is -0.729. The van der Waals surface area contributed by atoms with Crippen molar-refractivity contribution in [2.45, 2.75) is 9.79 Å². The van der Waals surface area contributed by atoms with Crippen molar-refractivity contribution in [3.63, 3.8) is 0 Å². The minimum Gasteiger partial charge on any atom is -0.507 e. The lowest BCUT2D eigenvalue weighted by Gasteiger charge is -2.14. The van der Waals surface area contributed by atoms with Crippen molar-refractivity contribution in [2.75, 3.05) is 5.32 Å². The zero-order valence-electron chi connectivity index (χ0n) is 19.3. The number of benzene rings is 5. The van der Waals surface area contributed by atoms with Crippen LogP contribution in [0.4, 0.5) is 22.7 Å². The Bertz CT molecular complexity index is 1960. The molecule has 0 atom stereocenters. The summed E-state index contributed by atoms with van der Waals surface area (Å²) in [6.07, 6.45) is 0. The highest BCUT2D eigenvalue weighted by molar-refractivity contribution is 7.86. The maximum absolute atomic E-state index is 12.2. The molecule has 192 valence electrons. The van der Waals surface area contributed by atoms with Crippen LogP contribution in [-0.2, 0) is 20.2 Å². The molecule has 0 saturated heterocycles. The second kappa shape index (κ2) is 9.50. The Hall–Kier alpha value is -4.36. The van der Waals surface area contributed by atoms with Crippen LogP contribution < -0.4 is 5.32 Å². The lowest BCUT2D eigenvalue weighted by atomic mass is 10.1. The number of anilines is 2. The summed E-state index contributed by atoms with van der Waals surface area (Å²) >= 11 is 0. The minimum atomic E-state index is -4.61. The number of hydrogen-bond donors (Lipinski definition) is 4. The molecule has 5 rings (SSSR count). The monoisotopic (exact) mass is 549 g/mol. The summed E-state index contributed by atoms with van der Waals surface area (Å²) in [6, 6.07) is 23.2. The fraction of sp³-hybridized carbons (Fsp3) is 0. The summed E-state index contributed by atoms with van der Waals surface area (Å²) in [6.45, 7) is 0. The standard InChI is InChI=1S/C26H19N3O7S2/c30-22-10-4-9-18-23(37(31,32)33)15-14-21(25(18)22)29-28-19-12-13-20(27-16-6-2-1-3-7-16)26-17(19)8-5-11-24(26)38(34,35)36/h1-15,27,30H,(H,31,32,33)(H,34,35,36). The topological polar surface area (TPSA) is 166 Å². The van der Waals surface area contributed by atoms with E-state index < -0.39 is 25.1 Å². The predicted molar refractivity (Wildman–Crippen MR) is 143 cm³/mol. The van der Waals surface area contributed by atoms with E-state index in [0.717, 1.165) is 6.07 Å². The Labute approximate surface area is 217 Å². The quantitative estimate of drug-likeness (QED) is 0.140. The molecule has 0 aliphatic heterocycles. The van der Waals surface area contributed by atoms with Crippen LogP contribution in [0.3, 0.4) is 0 Å². The number of para-hydroxylation sites is 1. The van der Waals surface area contributed by atoms with E-state index in [1.807, 2.05) is 18.2 Å². The summed E-state index contributed by atoms with van der Waals surface area (Å²) < 4.78 is 67.6. The second-order valence-electron chi connectivity index (χ2n) is 8.23. The van der Waals surface area contributed by atoms with Crippen molar-refractivity contribution in [3.8, 4) is 5.75 Å². The molecule has 0 radical (unpaired) electrons. The van der Waals surface area contributed by atoms with Gasteiger partial charge in [0.1, 0.15) is 15.5 Å². The average Bonchev–Trinajstić information content (AvgIpc) is 2.87. The van der Waals surface area contributed by atoms with E-state index in [2.05, 4.69) is 15.5 Å². The van der Waals surface area contributed by atoms with Crippen LogP contribution in [0.2, 0.25) is 0 Å². The highest BCUT2D eigenvalue weighted by atomic mass is 32.2. The number of aromatic hydroxyl groups is 1. The van der Waals surface area contributed by atoms with Gasteiger partial charge in [0.15, 0.2) is 0 Å². The molecular weight excluding hydrogens is 530 g/mol. The number of rotatable bonds is 6. The SMILES string of the molecule is O=S(=O)(O)c1ccc(N=Nc2ccc(Nc3ccccc3)c3c(S(=O)(=O)O)cccc23)c2c(O)cccc12. The van der Waals surface area contributed by atoms with E-state index in [9.17, 15) is 31.0 Å². The first-order valence-electron chi connectivity index (χ1n) is 11.0. The number of phenols is 1. The molecule has 0 amide bonds. The molecule has 0 aliphatic carbocycles. The molecule has 0 spiro atoms. The summed E-state index contributed by atoms with van der Waals surface area (Å²) in [5.74, 6) is -0.275. The van der Waals surface area contributed by atoms with Crippen molar-refractivity contribution in [1.29, 1.82) is 0 Å². The summed E-state index contributed by atoms with van der Waals surface area (Å²) in [7, 11) is -9.19. The first-order chi connectivity index (χ1) is 18.0. The van der Waals surface area contributed by atoms with Gasteiger partial charge in [-0.25, -0.2) is 0 Å². The Morgan fingerprint density at radius 1 is 0.579 bits per heavy atom. The van der Waals surface area contributed by atoms with Crippen molar-refractivity contribution < 1.29 is 31.0 Å². The van der Waals surface area contributed by atoms with E-state index >= 15 is 0 Å². The van der Waals surface area contributed by atoms with Crippen LogP contribution in [0.15, 0.2) is 111 Å². The van der Waals surface area contributed by atoms with Crippen LogP contribution in [0.25, 0.3) is 21.5 Å². The fourth-order valence-electron chi connectivity index (χ4n) is 4.20. The highest BCUT2D eigenvalue weighted by Crippen LogP contribution is 2.40. The van der Waals surface area contributed by atoms with Gasteiger partial charge < -0.3 is 10.4 Å². The molecule has 0 aliphatic rings. The largest absolute Gasteiger partial charge is 0.507 e. The summed E-state index contributed by atoms with van der Waals surface area (Å²) in [5.41, 5.74) is 1.44. The van der Waals surface area contributed by atoms with Crippen molar-refractivity contribution in [3.05, 3.63) is 91.0 Å². The highest BCUT2D eigenvalue weighted by Gasteiger charge is 2.20. The van der Waals surface area contributed by atoms with Crippen LogP contribution in [0.1, 0.15) is 0 Å². The smallest absolute Gasteiger partial charge is 0.295 e. The molecule has 10 nitrogen and oxygen atoms in total. The maximum atomic E-state index is 12.2. The Kier molecular flexibility index (Phi) is 6.33. The van der Waals surface area contributed by atoms with E-state index in [0.29, 0.717) is 16.8 Å². The molecule has 0 bridgehead atoms. The van der Waals surface area contributed by atoms with Crippen LogP contribution in [0, 0.1) is 0 Å². The Balaban J connectivity index is 1.70. The van der Waals surface area contributed by atoms with E-state index in [1.54, 1.807) is 30.3 Å². The number of nitrogens with zero attached hydrogens (tertiary/aromatic N) is 2. The number of nitrogens with one attached hydrogen (secondary N) is 1. The number of phenolic OH excluding ortho intramolecular Hbond substituents is 1. The maximum Gasteiger partial charge on any atom is 0.295 e. The van der Waals surface area contributed by atoms with Crippen LogP contribution in [-0.4, -0.2) is 31.0 Å². The summed E-state index contributed by atoms with van der Waals surface area (Å²) in [5, 5.41) is 22.7. The molecule has 0 aromatic heterocycles. The van der Waals surface area contributed by atoms with Gasteiger partial charge in [0.05, 0.1) is 16.8 Å². The molecule has 5 aromatic rings. The lowest BCUT2D eigenvalue weighted by Crippen LogP contribution is -2.01. The van der Waals surface area contributed by atoms with Crippen molar-refractivity contribution in [2.24, 2.45) is 10.2 Å².